The monoisotopic (exact) mass is 348 g/mol. The molecule has 1 unspecified atom stereocenters. The number of halogens is 1. The third-order valence-electron chi connectivity index (χ3n) is 3.07. The van der Waals surface area contributed by atoms with Gasteiger partial charge in [0.25, 0.3) is 0 Å². The smallest absolute Gasteiger partial charge is 0.333 e. The van der Waals surface area contributed by atoms with Crippen LogP contribution in [0.2, 0.25) is 0 Å². The molecule has 110 valence electrons. The first-order valence-corrected chi connectivity index (χ1v) is 7.50. The Hall–Kier alpha value is -1.88. The second kappa shape index (κ2) is 7.22. The molecule has 0 spiro atoms. The van der Waals surface area contributed by atoms with Gasteiger partial charge in [0.1, 0.15) is 0 Å². The first kappa shape index (κ1) is 15.5. The molecule has 5 heteroatoms. The molecule has 0 fully saturated rings. The molecule has 2 rings (SSSR count). The summed E-state index contributed by atoms with van der Waals surface area (Å²) in [5, 5.41) is 3.21. The van der Waals surface area contributed by atoms with Gasteiger partial charge in [-0.3, -0.25) is 4.98 Å². The van der Waals surface area contributed by atoms with Crippen LogP contribution in [0.4, 0.5) is 5.69 Å². The van der Waals surface area contributed by atoms with Gasteiger partial charge in [0.15, 0.2) is 6.04 Å². The maximum atomic E-state index is 12.2. The summed E-state index contributed by atoms with van der Waals surface area (Å²) >= 11 is 3.39. The third kappa shape index (κ3) is 4.04. The van der Waals surface area contributed by atoms with Gasteiger partial charge in [-0.05, 0) is 49.7 Å². The van der Waals surface area contributed by atoms with Crippen LogP contribution in [0.3, 0.4) is 0 Å². The van der Waals surface area contributed by atoms with Crippen LogP contribution < -0.4 is 5.32 Å². The lowest BCUT2D eigenvalue weighted by Gasteiger charge is -2.20. The van der Waals surface area contributed by atoms with Gasteiger partial charge in [-0.1, -0.05) is 15.9 Å². The first-order valence-electron chi connectivity index (χ1n) is 6.71. The summed E-state index contributed by atoms with van der Waals surface area (Å²) in [6.45, 7) is 4.09. The molecule has 2 aromatic rings. The Morgan fingerprint density at radius 1 is 1.33 bits per heavy atom. The molecule has 21 heavy (non-hydrogen) atoms. The highest BCUT2D eigenvalue weighted by atomic mass is 79.9. The highest BCUT2D eigenvalue weighted by Crippen LogP contribution is 2.24. The van der Waals surface area contributed by atoms with E-state index in [1.807, 2.05) is 37.3 Å². The van der Waals surface area contributed by atoms with Crippen molar-refractivity contribution in [1.29, 1.82) is 0 Å². The maximum absolute atomic E-state index is 12.2. The minimum Gasteiger partial charge on any atom is -0.464 e. The van der Waals surface area contributed by atoms with Crippen molar-refractivity contribution in [3.8, 4) is 0 Å². The fourth-order valence-electron chi connectivity index (χ4n) is 1.98. The number of ether oxygens (including phenoxy) is 1. The van der Waals surface area contributed by atoms with Crippen LogP contribution in [0.25, 0.3) is 0 Å². The Labute approximate surface area is 132 Å². The van der Waals surface area contributed by atoms with Crippen LogP contribution in [0, 0.1) is 6.92 Å². The zero-order valence-corrected chi connectivity index (χ0v) is 13.6. The second-order valence-corrected chi connectivity index (χ2v) is 5.48. The van der Waals surface area contributed by atoms with E-state index in [0.29, 0.717) is 6.61 Å². The average molecular weight is 349 g/mol. The number of aromatic nitrogens is 1. The van der Waals surface area contributed by atoms with E-state index >= 15 is 0 Å². The Morgan fingerprint density at radius 3 is 2.67 bits per heavy atom. The normalized spacial score (nSPS) is 11.8. The van der Waals surface area contributed by atoms with Gasteiger partial charge >= 0.3 is 5.97 Å². The summed E-state index contributed by atoms with van der Waals surface area (Å²) in [5.74, 6) is -0.309. The highest BCUT2D eigenvalue weighted by Gasteiger charge is 2.23. The molecule has 1 atom stereocenters. The van der Waals surface area contributed by atoms with Crippen molar-refractivity contribution in [2.45, 2.75) is 19.9 Å². The van der Waals surface area contributed by atoms with Crippen LogP contribution >= 0.6 is 15.9 Å². The summed E-state index contributed by atoms with van der Waals surface area (Å²) in [7, 11) is 0. The minimum absolute atomic E-state index is 0.309. The topological polar surface area (TPSA) is 51.2 Å². The van der Waals surface area contributed by atoms with Crippen LogP contribution in [0.15, 0.2) is 47.2 Å². The van der Waals surface area contributed by atoms with Gasteiger partial charge in [0.05, 0.1) is 6.61 Å². The van der Waals surface area contributed by atoms with Crippen LogP contribution in [0.5, 0.6) is 0 Å². The molecule has 1 aromatic heterocycles. The van der Waals surface area contributed by atoms with E-state index in [2.05, 4.69) is 26.2 Å². The van der Waals surface area contributed by atoms with E-state index in [0.717, 1.165) is 21.3 Å². The Bertz CT molecular complexity index is 614. The summed E-state index contributed by atoms with van der Waals surface area (Å²) in [5.41, 5.74) is 2.66. The van der Waals surface area contributed by atoms with Gasteiger partial charge < -0.3 is 10.1 Å². The molecule has 1 aromatic carbocycles. The molecule has 0 aliphatic heterocycles. The Morgan fingerprint density at radius 2 is 2.05 bits per heavy atom. The lowest BCUT2D eigenvalue weighted by atomic mass is 10.0. The van der Waals surface area contributed by atoms with E-state index < -0.39 is 6.04 Å². The number of pyridine rings is 1. The first-order chi connectivity index (χ1) is 10.1. The van der Waals surface area contributed by atoms with Gasteiger partial charge in [-0.2, -0.15) is 0 Å². The van der Waals surface area contributed by atoms with Gasteiger partial charge in [0.2, 0.25) is 0 Å². The highest BCUT2D eigenvalue weighted by molar-refractivity contribution is 9.10. The number of hydrogen-bond donors (Lipinski definition) is 1. The number of nitrogens with one attached hydrogen (secondary N) is 1. The third-order valence-corrected chi connectivity index (χ3v) is 3.60. The summed E-state index contributed by atoms with van der Waals surface area (Å²) in [4.78, 5) is 16.4. The molecule has 4 nitrogen and oxygen atoms in total. The maximum Gasteiger partial charge on any atom is 0.333 e. The largest absolute Gasteiger partial charge is 0.464 e. The Kier molecular flexibility index (Phi) is 5.33. The van der Waals surface area contributed by atoms with Crippen molar-refractivity contribution in [2.24, 2.45) is 0 Å². The van der Waals surface area contributed by atoms with Crippen molar-refractivity contribution < 1.29 is 9.53 Å². The van der Waals surface area contributed by atoms with E-state index in [1.54, 1.807) is 19.3 Å². The molecule has 0 radical (unpaired) electrons. The number of carbonyl (C=O) groups excluding carboxylic acids is 1. The number of esters is 1. The number of hydrogen-bond acceptors (Lipinski definition) is 4. The fraction of sp³-hybridized carbons (Fsp3) is 0.250. The van der Waals surface area contributed by atoms with Gasteiger partial charge in [0, 0.05) is 28.1 Å². The van der Waals surface area contributed by atoms with Gasteiger partial charge in [-0.25, -0.2) is 4.79 Å². The number of aryl methyl sites for hydroxylation is 1. The number of rotatable bonds is 5. The zero-order chi connectivity index (χ0) is 15.2. The molecule has 1 N–H and O–H groups in total. The Balaban J connectivity index is 2.30. The molecule has 0 saturated carbocycles. The molecule has 0 bridgehead atoms. The van der Waals surface area contributed by atoms with Crippen molar-refractivity contribution >= 4 is 27.6 Å². The molecule has 0 aliphatic rings. The predicted octanol–water partition coefficient (Wildman–Crippen LogP) is 3.87. The van der Waals surface area contributed by atoms with Crippen LogP contribution in [0.1, 0.15) is 24.1 Å². The minimum atomic E-state index is -0.570. The van der Waals surface area contributed by atoms with E-state index in [4.69, 9.17) is 4.74 Å². The lowest BCUT2D eigenvalue weighted by Crippen LogP contribution is -2.24. The van der Waals surface area contributed by atoms with E-state index in [9.17, 15) is 4.79 Å². The molecule has 1 heterocycles. The summed E-state index contributed by atoms with van der Waals surface area (Å²) in [6.07, 6.45) is 3.41. The SMILES string of the molecule is CCOC(=O)C(Nc1ccc(Br)cc1)c1cnccc1C. The quantitative estimate of drug-likeness (QED) is 0.833. The van der Waals surface area contributed by atoms with Crippen LogP contribution in [-0.2, 0) is 9.53 Å². The van der Waals surface area contributed by atoms with Crippen molar-refractivity contribution in [3.05, 3.63) is 58.3 Å². The summed E-state index contributed by atoms with van der Waals surface area (Å²) in [6, 6.07) is 8.95. The number of anilines is 1. The predicted molar refractivity (Wildman–Crippen MR) is 86.1 cm³/mol. The van der Waals surface area contributed by atoms with E-state index in [-0.39, 0.29) is 5.97 Å². The fourth-order valence-corrected chi connectivity index (χ4v) is 2.24. The number of benzene rings is 1. The molecule has 0 saturated heterocycles. The molecular weight excluding hydrogens is 332 g/mol. The molecular formula is C16H17BrN2O2. The van der Waals surface area contributed by atoms with Crippen molar-refractivity contribution in [2.75, 3.05) is 11.9 Å². The van der Waals surface area contributed by atoms with Crippen LogP contribution in [-0.4, -0.2) is 17.6 Å². The van der Waals surface area contributed by atoms with Gasteiger partial charge in [-0.15, -0.1) is 0 Å². The number of carbonyl (C=O) groups is 1. The summed E-state index contributed by atoms with van der Waals surface area (Å²) < 4.78 is 6.16. The van der Waals surface area contributed by atoms with E-state index in [1.165, 1.54) is 0 Å². The standard InChI is InChI=1S/C16H17BrN2O2/c1-3-21-16(20)15(14-10-18-9-8-11(14)2)19-13-6-4-12(17)5-7-13/h4-10,15,19H,3H2,1-2H3. The molecule has 0 amide bonds. The van der Waals surface area contributed by atoms with Crippen molar-refractivity contribution in [3.63, 3.8) is 0 Å². The zero-order valence-electron chi connectivity index (χ0n) is 12.0. The number of nitrogens with zero attached hydrogens (tertiary/aromatic N) is 1. The van der Waals surface area contributed by atoms with Crippen molar-refractivity contribution in [1.82, 2.24) is 4.98 Å². The molecule has 0 aliphatic carbocycles. The average Bonchev–Trinajstić information content (AvgIpc) is 2.48. The lowest BCUT2D eigenvalue weighted by molar-refractivity contribution is -0.144. The second-order valence-electron chi connectivity index (χ2n) is 4.57.